The molecule has 1 N–H and O–H groups in total. The number of carbonyl (C=O) groups is 1. The van der Waals surface area contributed by atoms with Crippen LogP contribution in [0.1, 0.15) is 10.4 Å². The van der Waals surface area contributed by atoms with Crippen LogP contribution in [0.4, 0.5) is 6.01 Å². The summed E-state index contributed by atoms with van der Waals surface area (Å²) in [5.74, 6) is 0.400. The second-order valence-corrected chi connectivity index (χ2v) is 8.53. The fourth-order valence-corrected chi connectivity index (χ4v) is 3.75. The fourth-order valence-electron chi connectivity index (χ4n) is 2.87. The van der Waals surface area contributed by atoms with Crippen molar-refractivity contribution in [3.63, 3.8) is 0 Å². The van der Waals surface area contributed by atoms with Crippen molar-refractivity contribution in [2.24, 2.45) is 0 Å². The number of carbonyl (C=O) groups excluding carboxylic acids is 1. The molecule has 0 unspecified atom stereocenters. The van der Waals surface area contributed by atoms with Gasteiger partial charge in [-0.1, -0.05) is 47.6 Å². The number of amides is 1. The van der Waals surface area contributed by atoms with Crippen LogP contribution in [0.3, 0.4) is 0 Å². The molecule has 4 aromatic rings. The number of ether oxygens (including phenoxy) is 1. The van der Waals surface area contributed by atoms with Crippen molar-refractivity contribution in [3.8, 4) is 23.0 Å². The molecule has 0 spiro atoms. The highest BCUT2D eigenvalue weighted by Crippen LogP contribution is 2.28. The Bertz CT molecular complexity index is 1330. The third-order valence-corrected chi connectivity index (χ3v) is 5.42. The number of rotatable bonds is 6. The average Bonchev–Trinajstić information content (AvgIpc) is 3.22. The number of benzene rings is 3. The number of nitrogens with one attached hydrogen (secondary N) is 1. The van der Waals surface area contributed by atoms with E-state index < -0.39 is 15.7 Å². The van der Waals surface area contributed by atoms with Crippen LogP contribution in [-0.2, 0) is 9.84 Å². The van der Waals surface area contributed by atoms with Crippen molar-refractivity contribution in [1.29, 1.82) is 0 Å². The summed E-state index contributed by atoms with van der Waals surface area (Å²) >= 11 is 0. The molecular weight excluding hydrogens is 418 g/mol. The molecule has 9 heteroatoms. The molecule has 4 rings (SSSR count). The molecule has 0 saturated heterocycles. The molecule has 0 aliphatic heterocycles. The van der Waals surface area contributed by atoms with E-state index in [1.54, 1.807) is 54.6 Å². The molecule has 3 aromatic carbocycles. The molecule has 0 aliphatic rings. The highest BCUT2D eigenvalue weighted by molar-refractivity contribution is 7.90. The molecule has 156 valence electrons. The van der Waals surface area contributed by atoms with Crippen LogP contribution in [0.15, 0.2) is 88.2 Å². The molecule has 1 aromatic heterocycles. The van der Waals surface area contributed by atoms with Crippen molar-refractivity contribution in [2.45, 2.75) is 4.90 Å². The normalized spacial score (nSPS) is 11.1. The van der Waals surface area contributed by atoms with Crippen LogP contribution < -0.4 is 10.1 Å². The molecule has 0 atom stereocenters. The minimum Gasteiger partial charge on any atom is -0.457 e. The standard InChI is InChI=1S/C22H17N3O5S/c1-31(27,28)19-14-8-6-12-17(19)21-24-25-22(30-21)23-20(26)16-11-5-7-13-18(16)29-15-9-3-2-4-10-15/h2-14H,1H3,(H,23,25,26). The number of para-hydroxylation sites is 2. The molecule has 31 heavy (non-hydrogen) atoms. The van der Waals surface area contributed by atoms with Crippen molar-refractivity contribution < 1.29 is 22.4 Å². The zero-order chi connectivity index (χ0) is 21.8. The monoisotopic (exact) mass is 435 g/mol. The van der Waals surface area contributed by atoms with E-state index in [-0.39, 0.29) is 27.9 Å². The van der Waals surface area contributed by atoms with Gasteiger partial charge in [-0.2, -0.15) is 0 Å². The first-order valence-electron chi connectivity index (χ1n) is 9.18. The summed E-state index contributed by atoms with van der Waals surface area (Å²) in [6, 6.07) is 21.9. The van der Waals surface area contributed by atoms with Crippen LogP contribution >= 0.6 is 0 Å². The van der Waals surface area contributed by atoms with Gasteiger partial charge < -0.3 is 9.15 Å². The lowest BCUT2D eigenvalue weighted by atomic mass is 10.2. The molecule has 0 fully saturated rings. The van der Waals surface area contributed by atoms with Gasteiger partial charge in [0.05, 0.1) is 16.0 Å². The van der Waals surface area contributed by atoms with Gasteiger partial charge in [0.2, 0.25) is 0 Å². The second-order valence-electron chi connectivity index (χ2n) is 6.55. The molecular formula is C22H17N3O5S. The van der Waals surface area contributed by atoms with Gasteiger partial charge in [-0.3, -0.25) is 10.1 Å². The third kappa shape index (κ3) is 4.62. The van der Waals surface area contributed by atoms with E-state index in [1.165, 1.54) is 6.07 Å². The van der Waals surface area contributed by atoms with E-state index in [0.29, 0.717) is 11.5 Å². The Morgan fingerprint density at radius 3 is 2.35 bits per heavy atom. The van der Waals surface area contributed by atoms with Gasteiger partial charge in [0.25, 0.3) is 11.8 Å². The second kappa shape index (κ2) is 8.41. The lowest BCUT2D eigenvalue weighted by molar-refractivity contribution is 0.102. The first kappa shape index (κ1) is 20.3. The summed E-state index contributed by atoms with van der Waals surface area (Å²) in [7, 11) is -3.51. The molecule has 0 saturated carbocycles. The number of aromatic nitrogens is 2. The van der Waals surface area contributed by atoms with Gasteiger partial charge in [-0.25, -0.2) is 8.42 Å². The predicted molar refractivity (Wildman–Crippen MR) is 114 cm³/mol. The van der Waals surface area contributed by atoms with Crippen molar-refractivity contribution in [1.82, 2.24) is 10.2 Å². The largest absolute Gasteiger partial charge is 0.457 e. The molecule has 8 nitrogen and oxygen atoms in total. The van der Waals surface area contributed by atoms with E-state index in [1.807, 2.05) is 18.2 Å². The van der Waals surface area contributed by atoms with Crippen LogP contribution in [0, 0.1) is 0 Å². The van der Waals surface area contributed by atoms with Crippen LogP contribution in [0.25, 0.3) is 11.5 Å². The van der Waals surface area contributed by atoms with Gasteiger partial charge in [0, 0.05) is 6.26 Å². The Kier molecular flexibility index (Phi) is 5.50. The number of hydrogen-bond donors (Lipinski definition) is 1. The maximum Gasteiger partial charge on any atom is 0.322 e. The molecule has 0 radical (unpaired) electrons. The van der Waals surface area contributed by atoms with E-state index in [9.17, 15) is 13.2 Å². The van der Waals surface area contributed by atoms with Crippen LogP contribution in [-0.4, -0.2) is 30.8 Å². The number of hydrogen-bond acceptors (Lipinski definition) is 7. The van der Waals surface area contributed by atoms with Crippen LogP contribution in [0.2, 0.25) is 0 Å². The summed E-state index contributed by atoms with van der Waals surface area (Å²) in [6.07, 6.45) is 1.09. The third-order valence-electron chi connectivity index (χ3n) is 4.27. The first-order valence-corrected chi connectivity index (χ1v) is 11.1. The summed E-state index contributed by atoms with van der Waals surface area (Å²) < 4.78 is 35.3. The lowest BCUT2D eigenvalue weighted by Gasteiger charge is -2.10. The minimum atomic E-state index is -3.51. The molecule has 1 heterocycles. The summed E-state index contributed by atoms with van der Waals surface area (Å²) in [5, 5.41) is 10.2. The maximum absolute atomic E-state index is 12.8. The SMILES string of the molecule is CS(=O)(=O)c1ccccc1-c1nnc(NC(=O)c2ccccc2Oc2ccccc2)o1. The van der Waals surface area contributed by atoms with Crippen molar-refractivity contribution in [3.05, 3.63) is 84.4 Å². The Hall–Kier alpha value is -3.98. The Morgan fingerprint density at radius 2 is 1.58 bits per heavy atom. The number of nitrogens with zero attached hydrogens (tertiary/aromatic N) is 2. The van der Waals surface area contributed by atoms with Gasteiger partial charge in [-0.15, -0.1) is 5.10 Å². The smallest absolute Gasteiger partial charge is 0.322 e. The minimum absolute atomic E-state index is 0.0230. The first-order chi connectivity index (χ1) is 14.9. The van der Waals surface area contributed by atoms with Crippen molar-refractivity contribution >= 4 is 21.8 Å². The van der Waals surface area contributed by atoms with E-state index in [4.69, 9.17) is 9.15 Å². The topological polar surface area (TPSA) is 111 Å². The van der Waals surface area contributed by atoms with Gasteiger partial charge in [0.15, 0.2) is 9.84 Å². The summed E-state index contributed by atoms with van der Waals surface area (Å²) in [4.78, 5) is 12.8. The van der Waals surface area contributed by atoms with E-state index in [2.05, 4.69) is 15.5 Å². The van der Waals surface area contributed by atoms with E-state index in [0.717, 1.165) is 6.26 Å². The summed E-state index contributed by atoms with van der Waals surface area (Å²) in [5.41, 5.74) is 0.522. The lowest BCUT2D eigenvalue weighted by Crippen LogP contribution is -2.13. The van der Waals surface area contributed by atoms with Gasteiger partial charge >= 0.3 is 6.01 Å². The Morgan fingerprint density at radius 1 is 0.903 bits per heavy atom. The number of anilines is 1. The average molecular weight is 435 g/mol. The van der Waals surface area contributed by atoms with Crippen LogP contribution in [0.5, 0.6) is 11.5 Å². The Labute approximate surface area is 178 Å². The molecule has 1 amide bonds. The molecule has 0 bridgehead atoms. The maximum atomic E-state index is 12.8. The quantitative estimate of drug-likeness (QED) is 0.483. The zero-order valence-electron chi connectivity index (χ0n) is 16.3. The van der Waals surface area contributed by atoms with Gasteiger partial charge in [-0.05, 0) is 36.4 Å². The fraction of sp³-hybridized carbons (Fsp3) is 0.0455. The van der Waals surface area contributed by atoms with E-state index >= 15 is 0 Å². The highest BCUT2D eigenvalue weighted by Gasteiger charge is 2.20. The highest BCUT2D eigenvalue weighted by atomic mass is 32.2. The molecule has 0 aliphatic carbocycles. The van der Waals surface area contributed by atoms with Crippen molar-refractivity contribution in [2.75, 3.05) is 11.6 Å². The van der Waals surface area contributed by atoms with Gasteiger partial charge in [0.1, 0.15) is 11.5 Å². The Balaban J connectivity index is 1.58. The number of sulfone groups is 1. The zero-order valence-corrected chi connectivity index (χ0v) is 17.2. The summed E-state index contributed by atoms with van der Waals surface area (Å²) in [6.45, 7) is 0. The predicted octanol–water partition coefficient (Wildman–Crippen LogP) is 4.18.